The largest absolute Gasteiger partial charge is 0.508 e. The molecule has 3 heteroatoms. The summed E-state index contributed by atoms with van der Waals surface area (Å²) < 4.78 is 5.63. The Morgan fingerprint density at radius 3 is 2.50 bits per heavy atom. The molecular formula is C19H24O3. The molecule has 0 aliphatic heterocycles. The van der Waals surface area contributed by atoms with Crippen LogP contribution in [0.25, 0.3) is 0 Å². The Balaban J connectivity index is 1.54. The van der Waals surface area contributed by atoms with Gasteiger partial charge in [0.25, 0.3) is 0 Å². The molecule has 0 fully saturated rings. The summed E-state index contributed by atoms with van der Waals surface area (Å²) >= 11 is 0. The highest BCUT2D eigenvalue weighted by molar-refractivity contribution is 5.28. The molecule has 118 valence electrons. The number of hydrogen-bond acceptors (Lipinski definition) is 3. The fraction of sp³-hybridized carbons (Fsp3) is 0.368. The summed E-state index contributed by atoms with van der Waals surface area (Å²) in [4.78, 5) is 0. The van der Waals surface area contributed by atoms with Crippen molar-refractivity contribution in [3.8, 4) is 5.75 Å². The first-order valence-corrected chi connectivity index (χ1v) is 7.84. The molecule has 0 amide bonds. The van der Waals surface area contributed by atoms with Gasteiger partial charge in [0.1, 0.15) is 5.75 Å². The van der Waals surface area contributed by atoms with Gasteiger partial charge in [-0.05, 0) is 36.1 Å². The van der Waals surface area contributed by atoms with Crippen molar-refractivity contribution in [1.82, 2.24) is 0 Å². The van der Waals surface area contributed by atoms with E-state index in [4.69, 9.17) is 4.74 Å². The lowest BCUT2D eigenvalue weighted by Crippen LogP contribution is -1.99. The van der Waals surface area contributed by atoms with Crippen LogP contribution in [-0.4, -0.2) is 16.8 Å². The molecule has 0 radical (unpaired) electrons. The van der Waals surface area contributed by atoms with Crippen LogP contribution in [0.15, 0.2) is 54.6 Å². The van der Waals surface area contributed by atoms with Crippen molar-refractivity contribution < 1.29 is 14.9 Å². The van der Waals surface area contributed by atoms with Crippen LogP contribution < -0.4 is 0 Å². The first kappa shape index (κ1) is 16.5. The molecule has 0 spiro atoms. The third-order valence-electron chi connectivity index (χ3n) is 3.63. The standard InChI is InChI=1S/C19H24O3/c20-18-11-7-10-17(14-18)19(21)12-5-2-6-13-22-15-16-8-3-1-4-9-16/h1,3-4,7-11,14,19-21H,2,5-6,12-13,15H2. The number of aliphatic hydroxyl groups is 1. The Bertz CT molecular complexity index is 539. The molecule has 22 heavy (non-hydrogen) atoms. The van der Waals surface area contributed by atoms with Gasteiger partial charge in [-0.1, -0.05) is 55.3 Å². The van der Waals surface area contributed by atoms with Gasteiger partial charge < -0.3 is 14.9 Å². The number of unbranched alkanes of at least 4 members (excludes halogenated alkanes) is 2. The summed E-state index contributed by atoms with van der Waals surface area (Å²) in [5, 5.41) is 19.5. The average Bonchev–Trinajstić information content (AvgIpc) is 2.54. The zero-order chi connectivity index (χ0) is 15.6. The number of benzene rings is 2. The molecule has 0 bridgehead atoms. The van der Waals surface area contributed by atoms with Gasteiger partial charge >= 0.3 is 0 Å². The van der Waals surface area contributed by atoms with Crippen LogP contribution in [0.4, 0.5) is 0 Å². The first-order chi connectivity index (χ1) is 10.8. The summed E-state index contributed by atoms with van der Waals surface area (Å²) in [5.41, 5.74) is 1.97. The van der Waals surface area contributed by atoms with Crippen molar-refractivity contribution in [3.05, 3.63) is 65.7 Å². The van der Waals surface area contributed by atoms with Gasteiger partial charge in [-0.15, -0.1) is 0 Å². The highest BCUT2D eigenvalue weighted by Gasteiger charge is 2.07. The second-order valence-corrected chi connectivity index (χ2v) is 5.50. The van der Waals surface area contributed by atoms with Gasteiger partial charge in [0.05, 0.1) is 12.7 Å². The zero-order valence-electron chi connectivity index (χ0n) is 12.8. The second-order valence-electron chi connectivity index (χ2n) is 5.50. The lowest BCUT2D eigenvalue weighted by molar-refractivity contribution is 0.114. The predicted molar refractivity (Wildman–Crippen MR) is 87.6 cm³/mol. The summed E-state index contributed by atoms with van der Waals surface area (Å²) in [6.45, 7) is 1.41. The van der Waals surface area contributed by atoms with E-state index >= 15 is 0 Å². The fourth-order valence-electron chi connectivity index (χ4n) is 2.38. The van der Waals surface area contributed by atoms with E-state index in [-0.39, 0.29) is 5.75 Å². The molecule has 1 unspecified atom stereocenters. The van der Waals surface area contributed by atoms with E-state index < -0.39 is 6.10 Å². The number of aromatic hydroxyl groups is 1. The van der Waals surface area contributed by atoms with Gasteiger partial charge in [-0.3, -0.25) is 0 Å². The summed E-state index contributed by atoms with van der Waals surface area (Å²) in [6, 6.07) is 17.0. The first-order valence-electron chi connectivity index (χ1n) is 7.84. The Kier molecular flexibility index (Phi) is 6.94. The van der Waals surface area contributed by atoms with E-state index in [2.05, 4.69) is 12.1 Å². The molecule has 2 aromatic rings. The molecule has 3 nitrogen and oxygen atoms in total. The second kappa shape index (κ2) is 9.23. The van der Waals surface area contributed by atoms with Crippen molar-refractivity contribution in [3.63, 3.8) is 0 Å². The molecule has 1 atom stereocenters. The molecule has 0 saturated carbocycles. The molecule has 2 N–H and O–H groups in total. The number of aliphatic hydroxyl groups excluding tert-OH is 1. The molecular weight excluding hydrogens is 276 g/mol. The van der Waals surface area contributed by atoms with E-state index in [1.165, 1.54) is 5.56 Å². The maximum atomic E-state index is 10.1. The van der Waals surface area contributed by atoms with Crippen LogP contribution in [0.1, 0.15) is 42.9 Å². The molecule has 0 heterocycles. The van der Waals surface area contributed by atoms with Gasteiger partial charge in [0.15, 0.2) is 0 Å². The predicted octanol–water partition coefficient (Wildman–Crippen LogP) is 4.20. The highest BCUT2D eigenvalue weighted by Crippen LogP contribution is 2.22. The minimum atomic E-state index is -0.502. The van der Waals surface area contributed by atoms with E-state index in [1.807, 2.05) is 24.3 Å². The molecule has 0 aliphatic rings. The highest BCUT2D eigenvalue weighted by atomic mass is 16.5. The minimum Gasteiger partial charge on any atom is -0.508 e. The van der Waals surface area contributed by atoms with E-state index in [1.54, 1.807) is 18.2 Å². The molecule has 2 rings (SSSR count). The number of phenolic OH excluding ortho intramolecular Hbond substituents is 1. The number of ether oxygens (including phenoxy) is 1. The quantitative estimate of drug-likeness (QED) is 0.682. The van der Waals surface area contributed by atoms with Crippen molar-refractivity contribution in [1.29, 1.82) is 0 Å². The monoisotopic (exact) mass is 300 g/mol. The molecule has 2 aromatic carbocycles. The van der Waals surface area contributed by atoms with E-state index in [0.717, 1.165) is 31.4 Å². The van der Waals surface area contributed by atoms with Crippen LogP contribution in [0, 0.1) is 0 Å². The summed E-state index contributed by atoms with van der Waals surface area (Å²) in [5.74, 6) is 0.200. The SMILES string of the molecule is Oc1cccc(C(O)CCCCCOCc2ccccc2)c1. The number of phenols is 1. The van der Waals surface area contributed by atoms with Gasteiger partial charge in [-0.2, -0.15) is 0 Å². The van der Waals surface area contributed by atoms with Crippen LogP contribution >= 0.6 is 0 Å². The third kappa shape index (κ3) is 5.88. The fourth-order valence-corrected chi connectivity index (χ4v) is 2.38. The van der Waals surface area contributed by atoms with Crippen molar-refractivity contribution in [2.45, 2.75) is 38.4 Å². The smallest absolute Gasteiger partial charge is 0.115 e. The maximum Gasteiger partial charge on any atom is 0.115 e. The topological polar surface area (TPSA) is 49.7 Å². The maximum absolute atomic E-state index is 10.1. The Labute approximate surface area is 132 Å². The average molecular weight is 300 g/mol. The van der Waals surface area contributed by atoms with Crippen molar-refractivity contribution in [2.75, 3.05) is 6.61 Å². The zero-order valence-corrected chi connectivity index (χ0v) is 12.8. The number of rotatable bonds is 9. The van der Waals surface area contributed by atoms with Crippen LogP contribution in [0.2, 0.25) is 0 Å². The Morgan fingerprint density at radius 1 is 0.909 bits per heavy atom. The third-order valence-corrected chi connectivity index (χ3v) is 3.63. The van der Waals surface area contributed by atoms with Crippen LogP contribution in [0.3, 0.4) is 0 Å². The lowest BCUT2D eigenvalue weighted by atomic mass is 10.0. The molecule has 0 aliphatic carbocycles. The van der Waals surface area contributed by atoms with E-state index in [9.17, 15) is 10.2 Å². The van der Waals surface area contributed by atoms with Gasteiger partial charge in [-0.25, -0.2) is 0 Å². The summed E-state index contributed by atoms with van der Waals surface area (Å²) in [7, 11) is 0. The van der Waals surface area contributed by atoms with Crippen molar-refractivity contribution in [2.24, 2.45) is 0 Å². The van der Waals surface area contributed by atoms with Gasteiger partial charge in [0, 0.05) is 6.61 Å². The van der Waals surface area contributed by atoms with E-state index in [0.29, 0.717) is 13.0 Å². The van der Waals surface area contributed by atoms with Crippen LogP contribution in [-0.2, 0) is 11.3 Å². The minimum absolute atomic E-state index is 0.200. The van der Waals surface area contributed by atoms with Crippen LogP contribution in [0.5, 0.6) is 5.75 Å². The number of hydrogen-bond donors (Lipinski definition) is 2. The normalized spacial score (nSPS) is 12.2. The van der Waals surface area contributed by atoms with Gasteiger partial charge in [0.2, 0.25) is 0 Å². The lowest BCUT2D eigenvalue weighted by Gasteiger charge is -2.11. The Hall–Kier alpha value is -1.84. The van der Waals surface area contributed by atoms with Crippen molar-refractivity contribution >= 4 is 0 Å². The summed E-state index contributed by atoms with van der Waals surface area (Å²) in [6.07, 6.45) is 3.19. The molecule has 0 saturated heterocycles. The Morgan fingerprint density at radius 2 is 1.73 bits per heavy atom. The molecule has 0 aromatic heterocycles.